The smallest absolute Gasteiger partial charge is 0.274 e. The number of hydrogen-bond acceptors (Lipinski definition) is 4. The molecule has 1 saturated heterocycles. The molecule has 0 N–H and O–H groups in total. The molecule has 2 heterocycles. The number of carbonyl (C=O) groups is 1. The Morgan fingerprint density at radius 2 is 1.61 bits per heavy atom. The van der Waals surface area contributed by atoms with Crippen LogP contribution >= 0.6 is 0 Å². The van der Waals surface area contributed by atoms with Gasteiger partial charge in [0.05, 0.1) is 17.5 Å². The van der Waals surface area contributed by atoms with Crippen LogP contribution in [0.1, 0.15) is 11.3 Å². The Balaban J connectivity index is 1.49. The molecule has 4 rings (SSSR count). The van der Waals surface area contributed by atoms with E-state index in [4.69, 9.17) is 0 Å². The zero-order valence-electron chi connectivity index (χ0n) is 16.3. The molecule has 28 heavy (non-hydrogen) atoms. The Labute approximate surface area is 164 Å². The van der Waals surface area contributed by atoms with Gasteiger partial charge in [-0.2, -0.15) is 5.10 Å². The third-order valence-corrected chi connectivity index (χ3v) is 5.44. The fourth-order valence-corrected chi connectivity index (χ4v) is 3.88. The van der Waals surface area contributed by atoms with E-state index in [2.05, 4.69) is 35.1 Å². The van der Waals surface area contributed by atoms with Crippen LogP contribution < -0.4 is 10.5 Å². The van der Waals surface area contributed by atoms with E-state index >= 15 is 0 Å². The van der Waals surface area contributed by atoms with E-state index in [9.17, 15) is 9.59 Å². The first-order chi connectivity index (χ1) is 13.5. The van der Waals surface area contributed by atoms with Crippen molar-refractivity contribution in [2.75, 3.05) is 31.1 Å². The summed E-state index contributed by atoms with van der Waals surface area (Å²) >= 11 is 0. The number of aryl methyl sites for hydroxylation is 2. The molecular formula is C22H24N4O2. The summed E-state index contributed by atoms with van der Waals surface area (Å²) in [6.07, 6.45) is 0.207. The van der Waals surface area contributed by atoms with Crippen LogP contribution in [0.15, 0.2) is 53.3 Å². The molecule has 1 fully saturated rings. The minimum absolute atomic E-state index is 0.0562. The predicted octanol–water partition coefficient (Wildman–Crippen LogP) is 2.13. The van der Waals surface area contributed by atoms with Gasteiger partial charge in [-0.05, 0) is 24.6 Å². The van der Waals surface area contributed by atoms with Crippen molar-refractivity contribution in [3.8, 4) is 0 Å². The Kier molecular flexibility index (Phi) is 4.86. The van der Waals surface area contributed by atoms with E-state index in [1.165, 1.54) is 15.9 Å². The first-order valence-corrected chi connectivity index (χ1v) is 9.58. The molecule has 0 radical (unpaired) electrons. The average Bonchev–Trinajstić information content (AvgIpc) is 2.72. The van der Waals surface area contributed by atoms with Crippen molar-refractivity contribution in [1.82, 2.24) is 14.7 Å². The number of piperazine rings is 1. The largest absolute Gasteiger partial charge is 0.368 e. The van der Waals surface area contributed by atoms with Gasteiger partial charge in [0, 0.05) is 44.3 Å². The summed E-state index contributed by atoms with van der Waals surface area (Å²) in [5.41, 5.74) is 3.01. The SMILES string of the molecule is Cc1ccccc1N1CCN(C(=O)Cc2nn(C)c(=O)c3ccccc23)CC1. The summed E-state index contributed by atoms with van der Waals surface area (Å²) < 4.78 is 1.32. The van der Waals surface area contributed by atoms with E-state index in [0.29, 0.717) is 24.2 Å². The van der Waals surface area contributed by atoms with Gasteiger partial charge in [0.1, 0.15) is 0 Å². The lowest BCUT2D eigenvalue weighted by atomic mass is 10.1. The summed E-state index contributed by atoms with van der Waals surface area (Å²) in [7, 11) is 1.63. The summed E-state index contributed by atoms with van der Waals surface area (Å²) in [5, 5.41) is 5.72. The number of hydrogen-bond donors (Lipinski definition) is 0. The Bertz CT molecular complexity index is 1080. The van der Waals surface area contributed by atoms with E-state index in [0.717, 1.165) is 18.5 Å². The van der Waals surface area contributed by atoms with E-state index < -0.39 is 0 Å². The summed E-state index contributed by atoms with van der Waals surface area (Å²) in [5.74, 6) is 0.0562. The van der Waals surface area contributed by atoms with E-state index in [1.54, 1.807) is 13.1 Å². The van der Waals surface area contributed by atoms with E-state index in [1.807, 2.05) is 29.2 Å². The van der Waals surface area contributed by atoms with Crippen molar-refractivity contribution in [3.05, 3.63) is 70.1 Å². The molecule has 0 unspecified atom stereocenters. The fourth-order valence-electron chi connectivity index (χ4n) is 3.88. The van der Waals surface area contributed by atoms with Crippen LogP contribution in [-0.4, -0.2) is 46.8 Å². The van der Waals surface area contributed by atoms with Gasteiger partial charge in [0.25, 0.3) is 5.56 Å². The topological polar surface area (TPSA) is 58.4 Å². The Hall–Kier alpha value is -3.15. The van der Waals surface area contributed by atoms with Gasteiger partial charge in [-0.15, -0.1) is 0 Å². The highest BCUT2D eigenvalue weighted by Gasteiger charge is 2.23. The second-order valence-corrected chi connectivity index (χ2v) is 7.25. The molecule has 1 aliphatic heterocycles. The first-order valence-electron chi connectivity index (χ1n) is 9.58. The minimum atomic E-state index is -0.140. The van der Waals surface area contributed by atoms with Crippen LogP contribution in [0.2, 0.25) is 0 Å². The van der Waals surface area contributed by atoms with E-state index in [-0.39, 0.29) is 17.9 Å². The Morgan fingerprint density at radius 3 is 2.32 bits per heavy atom. The van der Waals surface area contributed by atoms with Crippen LogP contribution in [0, 0.1) is 6.92 Å². The highest BCUT2D eigenvalue weighted by atomic mass is 16.2. The molecule has 3 aromatic rings. The molecule has 0 saturated carbocycles. The maximum atomic E-state index is 12.9. The third kappa shape index (κ3) is 3.38. The summed E-state index contributed by atoms with van der Waals surface area (Å²) in [4.78, 5) is 29.4. The number of benzene rings is 2. The Morgan fingerprint density at radius 1 is 0.964 bits per heavy atom. The zero-order valence-corrected chi connectivity index (χ0v) is 16.3. The van der Waals surface area contributed by atoms with Crippen LogP contribution in [0.25, 0.3) is 10.8 Å². The second kappa shape index (κ2) is 7.46. The number of para-hydroxylation sites is 1. The fraction of sp³-hybridized carbons (Fsp3) is 0.318. The maximum absolute atomic E-state index is 12.9. The lowest BCUT2D eigenvalue weighted by Crippen LogP contribution is -2.49. The highest BCUT2D eigenvalue weighted by molar-refractivity contribution is 5.88. The molecule has 6 heteroatoms. The first kappa shape index (κ1) is 18.2. The monoisotopic (exact) mass is 376 g/mol. The van der Waals surface area contributed by atoms with Gasteiger partial charge in [-0.1, -0.05) is 36.4 Å². The van der Waals surface area contributed by atoms with Crippen LogP contribution in [0.4, 0.5) is 5.69 Å². The van der Waals surface area contributed by atoms with Crippen molar-refractivity contribution in [2.45, 2.75) is 13.3 Å². The molecule has 2 aromatic carbocycles. The molecule has 0 aliphatic carbocycles. The third-order valence-electron chi connectivity index (χ3n) is 5.44. The number of carbonyl (C=O) groups excluding carboxylic acids is 1. The quantitative estimate of drug-likeness (QED) is 0.703. The van der Waals surface area contributed by atoms with Crippen molar-refractivity contribution >= 4 is 22.4 Å². The molecule has 0 atom stereocenters. The van der Waals surface area contributed by atoms with Gasteiger partial charge in [0.15, 0.2) is 0 Å². The average molecular weight is 376 g/mol. The highest BCUT2D eigenvalue weighted by Crippen LogP contribution is 2.21. The lowest BCUT2D eigenvalue weighted by molar-refractivity contribution is -0.130. The number of amides is 1. The number of fused-ring (bicyclic) bond motifs is 1. The molecular weight excluding hydrogens is 352 g/mol. The van der Waals surface area contributed by atoms with Gasteiger partial charge in [-0.3, -0.25) is 9.59 Å². The van der Waals surface area contributed by atoms with Crippen molar-refractivity contribution < 1.29 is 4.79 Å². The lowest BCUT2D eigenvalue weighted by Gasteiger charge is -2.36. The number of nitrogens with zero attached hydrogens (tertiary/aromatic N) is 4. The normalized spacial score (nSPS) is 14.5. The van der Waals surface area contributed by atoms with Crippen molar-refractivity contribution in [3.63, 3.8) is 0 Å². The summed E-state index contributed by atoms with van der Waals surface area (Å²) in [6.45, 7) is 5.13. The van der Waals surface area contributed by atoms with Gasteiger partial charge < -0.3 is 9.80 Å². The predicted molar refractivity (Wildman–Crippen MR) is 111 cm³/mol. The number of anilines is 1. The van der Waals surface area contributed by atoms with Crippen LogP contribution in [0.3, 0.4) is 0 Å². The molecule has 1 aliphatic rings. The number of aromatic nitrogens is 2. The summed E-state index contributed by atoms with van der Waals surface area (Å²) in [6, 6.07) is 15.7. The molecule has 144 valence electrons. The zero-order chi connectivity index (χ0) is 19.7. The molecule has 6 nitrogen and oxygen atoms in total. The molecule has 0 bridgehead atoms. The minimum Gasteiger partial charge on any atom is -0.368 e. The van der Waals surface area contributed by atoms with Gasteiger partial charge in [-0.25, -0.2) is 4.68 Å². The molecule has 0 spiro atoms. The second-order valence-electron chi connectivity index (χ2n) is 7.25. The van der Waals surface area contributed by atoms with Crippen molar-refractivity contribution in [1.29, 1.82) is 0 Å². The van der Waals surface area contributed by atoms with Crippen LogP contribution in [-0.2, 0) is 18.3 Å². The molecule has 1 amide bonds. The number of rotatable bonds is 3. The standard InChI is InChI=1S/C22H24N4O2/c1-16-7-3-6-10-20(16)25-11-13-26(14-12-25)21(27)15-19-17-8-4-5-9-18(17)22(28)24(2)23-19/h3-10H,11-15H2,1-2H3. The molecule has 1 aromatic heterocycles. The maximum Gasteiger partial charge on any atom is 0.274 e. The van der Waals surface area contributed by atoms with Gasteiger partial charge >= 0.3 is 0 Å². The van der Waals surface area contributed by atoms with Crippen molar-refractivity contribution in [2.24, 2.45) is 7.05 Å². The van der Waals surface area contributed by atoms with Crippen LogP contribution in [0.5, 0.6) is 0 Å². The van der Waals surface area contributed by atoms with Gasteiger partial charge in [0.2, 0.25) is 5.91 Å².